The van der Waals surface area contributed by atoms with Gasteiger partial charge in [-0.05, 0) is 18.6 Å². The molecule has 0 radical (unpaired) electrons. The fraction of sp³-hybridized carbons (Fsp3) is 0.200. The van der Waals surface area contributed by atoms with Gasteiger partial charge in [-0.3, -0.25) is 19.7 Å². The van der Waals surface area contributed by atoms with Crippen LogP contribution in [0.15, 0.2) is 54.6 Å². The van der Waals surface area contributed by atoms with Crippen molar-refractivity contribution in [1.29, 1.82) is 0 Å². The molecular weight excluding hydrogens is 388 g/mol. The molecule has 0 atom stereocenters. The highest BCUT2D eigenvalue weighted by molar-refractivity contribution is 5.93. The first-order chi connectivity index (χ1) is 14.5. The number of nitrogens with zero attached hydrogens (tertiary/aromatic N) is 4. The first-order valence-corrected chi connectivity index (χ1v) is 9.21. The molecule has 0 aliphatic rings. The Hall–Kier alpha value is -4.08. The Morgan fingerprint density at radius 3 is 2.53 bits per heavy atom. The van der Waals surface area contributed by atoms with Crippen LogP contribution in [0.25, 0.3) is 5.69 Å². The molecule has 10 nitrogen and oxygen atoms in total. The Morgan fingerprint density at radius 1 is 1.07 bits per heavy atom. The molecule has 1 aromatic heterocycles. The minimum atomic E-state index is -0.504. The molecule has 0 bridgehead atoms. The van der Waals surface area contributed by atoms with E-state index >= 15 is 0 Å². The zero-order valence-electron chi connectivity index (χ0n) is 16.2. The minimum absolute atomic E-state index is 0.0837. The van der Waals surface area contributed by atoms with Crippen LogP contribution in [-0.4, -0.2) is 44.8 Å². The van der Waals surface area contributed by atoms with Crippen LogP contribution in [0.4, 0.5) is 5.69 Å². The largest absolute Gasteiger partial charge is 0.354 e. The summed E-state index contributed by atoms with van der Waals surface area (Å²) in [6.45, 7) is 2.15. The second-order valence-corrected chi connectivity index (χ2v) is 6.48. The lowest BCUT2D eigenvalue weighted by Crippen LogP contribution is -2.35. The van der Waals surface area contributed by atoms with Crippen molar-refractivity contribution >= 4 is 17.5 Å². The molecule has 2 aromatic carbocycles. The number of nitro benzene ring substituents is 1. The third-order valence-electron chi connectivity index (χ3n) is 4.34. The van der Waals surface area contributed by atoms with E-state index in [9.17, 15) is 19.7 Å². The number of nitrogens with one attached hydrogen (secondary N) is 2. The molecule has 0 spiro atoms. The Labute approximate surface area is 172 Å². The SMILES string of the molecule is Cc1c(C(=O)NCCNC(=O)Cc2ccccc2)nnn1-c1cccc([N+](=O)[O-])c1. The Balaban J connectivity index is 1.53. The smallest absolute Gasteiger partial charge is 0.273 e. The lowest BCUT2D eigenvalue weighted by atomic mass is 10.1. The molecule has 2 amide bonds. The van der Waals surface area contributed by atoms with Crippen LogP contribution < -0.4 is 10.6 Å². The number of carbonyl (C=O) groups is 2. The molecule has 154 valence electrons. The second-order valence-electron chi connectivity index (χ2n) is 6.48. The van der Waals surface area contributed by atoms with Crippen molar-refractivity contribution < 1.29 is 14.5 Å². The van der Waals surface area contributed by atoms with E-state index in [1.165, 1.54) is 22.9 Å². The van der Waals surface area contributed by atoms with Crippen LogP contribution in [0.3, 0.4) is 0 Å². The summed E-state index contributed by atoms with van der Waals surface area (Å²) < 4.78 is 1.36. The molecule has 3 rings (SSSR count). The highest BCUT2D eigenvalue weighted by atomic mass is 16.6. The molecule has 0 aliphatic carbocycles. The summed E-state index contributed by atoms with van der Waals surface area (Å²) in [5, 5.41) is 24.2. The van der Waals surface area contributed by atoms with E-state index in [0.29, 0.717) is 11.4 Å². The number of rotatable bonds is 8. The van der Waals surface area contributed by atoms with E-state index in [-0.39, 0.29) is 36.8 Å². The average Bonchev–Trinajstić information content (AvgIpc) is 3.13. The van der Waals surface area contributed by atoms with Gasteiger partial charge in [-0.1, -0.05) is 41.6 Å². The fourth-order valence-corrected chi connectivity index (χ4v) is 2.83. The van der Waals surface area contributed by atoms with Crippen molar-refractivity contribution in [2.24, 2.45) is 0 Å². The van der Waals surface area contributed by atoms with Crippen LogP contribution in [0.5, 0.6) is 0 Å². The van der Waals surface area contributed by atoms with E-state index < -0.39 is 10.8 Å². The normalized spacial score (nSPS) is 10.4. The molecule has 1 heterocycles. The molecule has 0 saturated heterocycles. The molecule has 30 heavy (non-hydrogen) atoms. The monoisotopic (exact) mass is 408 g/mol. The summed E-state index contributed by atoms with van der Waals surface area (Å²) in [6, 6.07) is 15.3. The average molecular weight is 408 g/mol. The lowest BCUT2D eigenvalue weighted by Gasteiger charge is -2.07. The highest BCUT2D eigenvalue weighted by Crippen LogP contribution is 2.18. The number of amides is 2. The van der Waals surface area contributed by atoms with Gasteiger partial charge in [0, 0.05) is 25.2 Å². The van der Waals surface area contributed by atoms with Crippen LogP contribution in [-0.2, 0) is 11.2 Å². The van der Waals surface area contributed by atoms with Gasteiger partial charge in [-0.25, -0.2) is 4.68 Å². The van der Waals surface area contributed by atoms with E-state index in [1.54, 1.807) is 13.0 Å². The van der Waals surface area contributed by atoms with Crippen LogP contribution >= 0.6 is 0 Å². The van der Waals surface area contributed by atoms with E-state index in [1.807, 2.05) is 30.3 Å². The number of carbonyl (C=O) groups excluding carboxylic acids is 2. The second kappa shape index (κ2) is 9.41. The van der Waals surface area contributed by atoms with Crippen molar-refractivity contribution in [3.8, 4) is 5.69 Å². The molecule has 3 aromatic rings. The molecule has 0 saturated carbocycles. The number of benzene rings is 2. The molecule has 2 N–H and O–H groups in total. The van der Waals surface area contributed by atoms with Gasteiger partial charge in [-0.15, -0.1) is 5.10 Å². The Morgan fingerprint density at radius 2 is 1.80 bits per heavy atom. The topological polar surface area (TPSA) is 132 Å². The van der Waals surface area contributed by atoms with Crippen LogP contribution in [0, 0.1) is 17.0 Å². The number of hydrogen-bond donors (Lipinski definition) is 2. The summed E-state index contributed by atoms with van der Waals surface area (Å²) in [4.78, 5) is 34.7. The fourth-order valence-electron chi connectivity index (χ4n) is 2.83. The summed E-state index contributed by atoms with van der Waals surface area (Å²) >= 11 is 0. The van der Waals surface area contributed by atoms with Crippen molar-refractivity contribution in [3.63, 3.8) is 0 Å². The van der Waals surface area contributed by atoms with Crippen molar-refractivity contribution in [2.75, 3.05) is 13.1 Å². The van der Waals surface area contributed by atoms with E-state index in [2.05, 4.69) is 20.9 Å². The summed E-state index contributed by atoms with van der Waals surface area (Å²) in [6.07, 6.45) is 0.269. The number of aromatic nitrogens is 3. The minimum Gasteiger partial charge on any atom is -0.354 e. The van der Waals surface area contributed by atoms with Crippen molar-refractivity contribution in [2.45, 2.75) is 13.3 Å². The van der Waals surface area contributed by atoms with Gasteiger partial charge in [-0.2, -0.15) is 0 Å². The van der Waals surface area contributed by atoms with Gasteiger partial charge < -0.3 is 10.6 Å². The van der Waals surface area contributed by atoms with Gasteiger partial charge in [0.25, 0.3) is 11.6 Å². The van der Waals surface area contributed by atoms with Crippen molar-refractivity contribution in [1.82, 2.24) is 25.6 Å². The Bertz CT molecular complexity index is 1060. The molecule has 0 fully saturated rings. The zero-order valence-corrected chi connectivity index (χ0v) is 16.2. The molecular formula is C20H20N6O4. The van der Waals surface area contributed by atoms with Gasteiger partial charge in [0.15, 0.2) is 5.69 Å². The number of non-ortho nitro benzene ring substituents is 1. The third-order valence-corrected chi connectivity index (χ3v) is 4.34. The third kappa shape index (κ3) is 5.04. The van der Waals surface area contributed by atoms with E-state index in [4.69, 9.17) is 0 Å². The first-order valence-electron chi connectivity index (χ1n) is 9.21. The van der Waals surface area contributed by atoms with Crippen LogP contribution in [0.2, 0.25) is 0 Å². The van der Waals surface area contributed by atoms with Crippen molar-refractivity contribution in [3.05, 3.63) is 81.7 Å². The lowest BCUT2D eigenvalue weighted by molar-refractivity contribution is -0.384. The van der Waals surface area contributed by atoms with Gasteiger partial charge in [0.05, 0.1) is 22.7 Å². The van der Waals surface area contributed by atoms with Gasteiger partial charge >= 0.3 is 0 Å². The number of nitro groups is 1. The summed E-state index contributed by atoms with van der Waals surface area (Å²) in [7, 11) is 0. The molecule has 0 unspecified atom stereocenters. The standard InChI is InChI=1S/C20H20N6O4/c1-14-19(23-24-25(14)16-8-5-9-17(13-16)26(29)30)20(28)22-11-10-21-18(27)12-15-6-3-2-4-7-15/h2-9,13H,10-12H2,1H3,(H,21,27)(H,22,28). The predicted molar refractivity (Wildman–Crippen MR) is 108 cm³/mol. The van der Waals surface area contributed by atoms with Gasteiger partial charge in [0.1, 0.15) is 0 Å². The zero-order chi connectivity index (χ0) is 21.5. The maximum absolute atomic E-state index is 12.4. The van der Waals surface area contributed by atoms with Crippen LogP contribution in [0.1, 0.15) is 21.7 Å². The quantitative estimate of drug-likeness (QED) is 0.330. The first kappa shape index (κ1) is 20.6. The Kier molecular flexibility index (Phi) is 6.48. The number of hydrogen-bond acceptors (Lipinski definition) is 6. The molecule has 0 aliphatic heterocycles. The highest BCUT2D eigenvalue weighted by Gasteiger charge is 2.18. The predicted octanol–water partition coefficient (Wildman–Crippen LogP) is 1.57. The summed E-state index contributed by atoms with van der Waals surface area (Å²) in [5.74, 6) is -0.579. The maximum Gasteiger partial charge on any atom is 0.273 e. The summed E-state index contributed by atoms with van der Waals surface area (Å²) in [5.41, 5.74) is 1.81. The molecule has 10 heteroatoms. The maximum atomic E-state index is 12.4. The van der Waals surface area contributed by atoms with Gasteiger partial charge in [0.2, 0.25) is 5.91 Å². The van der Waals surface area contributed by atoms with E-state index in [0.717, 1.165) is 5.56 Å².